The maximum atomic E-state index is 12.6. The highest BCUT2D eigenvalue weighted by Crippen LogP contribution is 2.27. The van der Waals surface area contributed by atoms with Gasteiger partial charge in [-0.15, -0.1) is 11.8 Å². The van der Waals surface area contributed by atoms with Crippen LogP contribution in [-0.4, -0.2) is 39.2 Å². The summed E-state index contributed by atoms with van der Waals surface area (Å²) in [4.78, 5) is 48.7. The third kappa shape index (κ3) is 6.48. The Morgan fingerprint density at radius 1 is 0.800 bits per heavy atom. The molecule has 180 valence electrons. The molecule has 3 aromatic rings. The van der Waals surface area contributed by atoms with Gasteiger partial charge >= 0.3 is 11.9 Å². The molecule has 0 radical (unpaired) electrons. The zero-order valence-corrected chi connectivity index (χ0v) is 20.1. The van der Waals surface area contributed by atoms with E-state index < -0.39 is 23.4 Å². The fourth-order valence-electron chi connectivity index (χ4n) is 3.23. The van der Waals surface area contributed by atoms with Gasteiger partial charge in [-0.25, -0.2) is 9.59 Å². The molecule has 0 aromatic heterocycles. The molecule has 4 N–H and O–H groups in total. The van der Waals surface area contributed by atoms with E-state index in [1.807, 2.05) is 32.0 Å². The van der Waals surface area contributed by atoms with Crippen molar-refractivity contribution in [2.75, 3.05) is 10.6 Å². The van der Waals surface area contributed by atoms with Crippen LogP contribution in [0.3, 0.4) is 0 Å². The van der Waals surface area contributed by atoms with E-state index in [1.165, 1.54) is 23.9 Å². The van der Waals surface area contributed by atoms with Crippen molar-refractivity contribution in [3.8, 4) is 0 Å². The number of carbonyl (C=O) groups is 4. The lowest BCUT2D eigenvalue weighted by atomic mass is 10.0. The molecule has 1 unspecified atom stereocenters. The summed E-state index contributed by atoms with van der Waals surface area (Å²) in [6.07, 6.45) is 0. The van der Waals surface area contributed by atoms with E-state index in [9.17, 15) is 24.3 Å². The molecule has 0 spiro atoms. The number of aromatic carboxylic acids is 2. The van der Waals surface area contributed by atoms with E-state index in [4.69, 9.17) is 5.11 Å². The fourth-order valence-corrected chi connectivity index (χ4v) is 4.10. The number of carboxylic acids is 2. The number of thioether (sulfide) groups is 1. The van der Waals surface area contributed by atoms with Gasteiger partial charge in [0, 0.05) is 16.3 Å². The highest BCUT2D eigenvalue weighted by Gasteiger charge is 2.20. The lowest BCUT2D eigenvalue weighted by Gasteiger charge is -2.14. The van der Waals surface area contributed by atoms with Crippen LogP contribution in [0.5, 0.6) is 0 Å². The molecule has 3 aromatic carbocycles. The summed E-state index contributed by atoms with van der Waals surface area (Å²) < 4.78 is 0. The predicted octanol–water partition coefficient (Wildman–Crippen LogP) is 5.07. The molecule has 0 saturated carbocycles. The van der Waals surface area contributed by atoms with Gasteiger partial charge in [-0.2, -0.15) is 0 Å². The van der Waals surface area contributed by atoms with Gasteiger partial charge in [-0.1, -0.05) is 12.1 Å². The number of hydrogen-bond donors (Lipinski definition) is 4. The van der Waals surface area contributed by atoms with E-state index in [2.05, 4.69) is 10.6 Å². The largest absolute Gasteiger partial charge is 0.478 e. The normalized spacial score (nSPS) is 11.4. The zero-order valence-electron chi connectivity index (χ0n) is 19.3. The molecule has 0 bridgehead atoms. The maximum absolute atomic E-state index is 12.6. The minimum Gasteiger partial charge on any atom is -0.478 e. The molecule has 0 aliphatic carbocycles. The van der Waals surface area contributed by atoms with Gasteiger partial charge in [0.1, 0.15) is 0 Å². The van der Waals surface area contributed by atoms with Crippen LogP contribution in [0, 0.1) is 13.8 Å². The topological polar surface area (TPSA) is 133 Å². The van der Waals surface area contributed by atoms with Gasteiger partial charge in [0.25, 0.3) is 5.91 Å². The number of nitrogens with one attached hydrogen (secondary N) is 2. The highest BCUT2D eigenvalue weighted by molar-refractivity contribution is 8.00. The predicted molar refractivity (Wildman–Crippen MR) is 135 cm³/mol. The van der Waals surface area contributed by atoms with Gasteiger partial charge in [-0.3, -0.25) is 9.59 Å². The molecule has 9 heteroatoms. The number of aryl methyl sites for hydroxylation is 2. The maximum Gasteiger partial charge on any atom is 0.336 e. The average Bonchev–Trinajstić information content (AvgIpc) is 2.82. The van der Waals surface area contributed by atoms with Crippen molar-refractivity contribution < 1.29 is 29.4 Å². The average molecular weight is 493 g/mol. The van der Waals surface area contributed by atoms with Crippen molar-refractivity contribution in [2.45, 2.75) is 30.9 Å². The Kier molecular flexibility index (Phi) is 7.93. The standard InChI is InChI=1S/C26H24N2O6S/c1-14-4-5-15(2)22(12-14)28-23(29)16(3)35-19-9-7-18(8-10-19)27-24(30)20-11-6-17(25(31)32)13-21(20)26(33)34/h4-13,16H,1-3H3,(H,27,30)(H,28,29)(H,31,32)(H,33,34). The second-order valence-corrected chi connectivity index (χ2v) is 9.33. The van der Waals surface area contributed by atoms with E-state index in [0.29, 0.717) is 5.69 Å². The van der Waals surface area contributed by atoms with E-state index >= 15 is 0 Å². The van der Waals surface area contributed by atoms with Crippen LogP contribution in [0.2, 0.25) is 0 Å². The zero-order chi connectivity index (χ0) is 25.7. The summed E-state index contributed by atoms with van der Waals surface area (Å²) in [5, 5.41) is 23.6. The molecular formula is C26H24N2O6S. The monoisotopic (exact) mass is 492 g/mol. The first-order valence-corrected chi connectivity index (χ1v) is 11.5. The molecule has 8 nitrogen and oxygen atoms in total. The minimum absolute atomic E-state index is 0.132. The van der Waals surface area contributed by atoms with Gasteiger partial charge in [0.05, 0.1) is 21.9 Å². The molecule has 0 aliphatic heterocycles. The van der Waals surface area contributed by atoms with E-state index in [-0.39, 0.29) is 22.3 Å². The number of hydrogen-bond acceptors (Lipinski definition) is 5. The summed E-state index contributed by atoms with van der Waals surface area (Å²) in [5.41, 5.74) is 2.44. The van der Waals surface area contributed by atoms with Crippen LogP contribution in [0.15, 0.2) is 65.6 Å². The number of amides is 2. The molecule has 3 rings (SSSR count). The van der Waals surface area contributed by atoms with Crippen molar-refractivity contribution in [2.24, 2.45) is 0 Å². The Morgan fingerprint density at radius 3 is 2.11 bits per heavy atom. The first-order valence-electron chi connectivity index (χ1n) is 10.6. The lowest BCUT2D eigenvalue weighted by Crippen LogP contribution is -2.22. The van der Waals surface area contributed by atoms with Crippen LogP contribution in [0.1, 0.15) is 49.1 Å². The Balaban J connectivity index is 1.65. The molecule has 35 heavy (non-hydrogen) atoms. The number of carboxylic acid groups (broad SMARTS) is 2. The highest BCUT2D eigenvalue weighted by atomic mass is 32.2. The van der Waals surface area contributed by atoms with Crippen molar-refractivity contribution in [1.29, 1.82) is 0 Å². The van der Waals surface area contributed by atoms with E-state index in [0.717, 1.165) is 27.8 Å². The van der Waals surface area contributed by atoms with Crippen LogP contribution >= 0.6 is 11.8 Å². The second kappa shape index (κ2) is 10.9. The molecule has 0 saturated heterocycles. The van der Waals surface area contributed by atoms with Crippen LogP contribution < -0.4 is 10.6 Å². The van der Waals surface area contributed by atoms with Crippen molar-refractivity contribution in [3.63, 3.8) is 0 Å². The number of anilines is 2. The Labute approximate surface area is 206 Å². The fraction of sp³-hybridized carbons (Fsp3) is 0.154. The summed E-state index contributed by atoms with van der Waals surface area (Å²) in [6, 6.07) is 15.9. The molecular weight excluding hydrogens is 468 g/mol. The van der Waals surface area contributed by atoms with Gasteiger partial charge in [0.15, 0.2) is 0 Å². The molecule has 0 aliphatic rings. The quantitative estimate of drug-likeness (QED) is 0.323. The summed E-state index contributed by atoms with van der Waals surface area (Å²) >= 11 is 1.36. The molecule has 1 atom stereocenters. The summed E-state index contributed by atoms with van der Waals surface area (Å²) in [6.45, 7) is 5.69. The van der Waals surface area contributed by atoms with Gasteiger partial charge in [0.2, 0.25) is 5.91 Å². The molecule has 2 amide bonds. The van der Waals surface area contributed by atoms with E-state index in [1.54, 1.807) is 31.2 Å². The number of carbonyl (C=O) groups excluding carboxylic acids is 2. The van der Waals surface area contributed by atoms with Crippen molar-refractivity contribution >= 4 is 46.9 Å². The first kappa shape index (κ1) is 25.5. The third-order valence-corrected chi connectivity index (χ3v) is 6.30. The Morgan fingerprint density at radius 2 is 1.49 bits per heavy atom. The minimum atomic E-state index is -1.40. The van der Waals surface area contributed by atoms with Gasteiger partial charge < -0.3 is 20.8 Å². The molecule has 0 heterocycles. The molecule has 0 fully saturated rings. The Bertz CT molecular complexity index is 1300. The van der Waals surface area contributed by atoms with Gasteiger partial charge in [-0.05, 0) is 80.4 Å². The second-order valence-electron chi connectivity index (χ2n) is 7.92. The smallest absolute Gasteiger partial charge is 0.336 e. The third-order valence-electron chi connectivity index (χ3n) is 5.19. The summed E-state index contributed by atoms with van der Waals surface area (Å²) in [5.74, 6) is -3.50. The number of benzene rings is 3. The number of rotatable bonds is 8. The van der Waals surface area contributed by atoms with Crippen LogP contribution in [-0.2, 0) is 4.79 Å². The Hall–Kier alpha value is -4.11. The SMILES string of the molecule is Cc1ccc(C)c(NC(=O)C(C)Sc2ccc(NC(=O)c3ccc(C(=O)O)cc3C(=O)O)cc2)c1. The van der Waals surface area contributed by atoms with Crippen molar-refractivity contribution in [3.05, 3.63) is 88.5 Å². The van der Waals surface area contributed by atoms with Crippen LogP contribution in [0.25, 0.3) is 0 Å². The lowest BCUT2D eigenvalue weighted by molar-refractivity contribution is -0.115. The van der Waals surface area contributed by atoms with Crippen molar-refractivity contribution in [1.82, 2.24) is 0 Å². The first-order chi connectivity index (χ1) is 16.5. The summed E-state index contributed by atoms with van der Waals surface area (Å²) in [7, 11) is 0. The van der Waals surface area contributed by atoms with Crippen LogP contribution in [0.4, 0.5) is 11.4 Å².